The van der Waals surface area contributed by atoms with Crippen molar-refractivity contribution in [2.75, 3.05) is 24.7 Å². The summed E-state index contributed by atoms with van der Waals surface area (Å²) >= 11 is 0. The van der Waals surface area contributed by atoms with Gasteiger partial charge in [0.2, 0.25) is 0 Å². The molecule has 2 rings (SSSR count). The van der Waals surface area contributed by atoms with E-state index in [0.29, 0.717) is 6.10 Å². The second-order valence-electron chi connectivity index (χ2n) is 5.62. The van der Waals surface area contributed by atoms with E-state index >= 15 is 0 Å². The minimum absolute atomic E-state index is 0.334. The topological polar surface area (TPSA) is 38.5 Å². The van der Waals surface area contributed by atoms with Crippen molar-refractivity contribution < 1.29 is 4.74 Å². The molecule has 2 N–H and O–H groups in total. The van der Waals surface area contributed by atoms with Gasteiger partial charge in [0.25, 0.3) is 0 Å². The van der Waals surface area contributed by atoms with Gasteiger partial charge >= 0.3 is 0 Å². The molecule has 0 aliphatic heterocycles. The van der Waals surface area contributed by atoms with E-state index in [9.17, 15) is 0 Å². The van der Waals surface area contributed by atoms with Crippen LogP contribution in [0.15, 0.2) is 18.2 Å². The summed E-state index contributed by atoms with van der Waals surface area (Å²) < 4.78 is 6.07. The van der Waals surface area contributed by atoms with E-state index in [1.165, 1.54) is 12.8 Å². The van der Waals surface area contributed by atoms with Crippen molar-refractivity contribution in [2.45, 2.75) is 38.7 Å². The number of hydrogen-bond acceptors (Lipinski definition) is 3. The number of hydrogen-bond donors (Lipinski definition) is 1. The minimum atomic E-state index is 0.334. The van der Waals surface area contributed by atoms with Crippen LogP contribution in [0, 0.1) is 5.92 Å². The molecule has 1 fully saturated rings. The van der Waals surface area contributed by atoms with E-state index in [-0.39, 0.29) is 0 Å². The highest BCUT2D eigenvalue weighted by Crippen LogP contribution is 2.32. The maximum absolute atomic E-state index is 6.07. The lowest BCUT2D eigenvalue weighted by Crippen LogP contribution is -2.23. The van der Waals surface area contributed by atoms with Crippen molar-refractivity contribution in [3.05, 3.63) is 18.2 Å². The Morgan fingerprint density at radius 2 is 1.83 bits per heavy atom. The zero-order valence-electron chi connectivity index (χ0n) is 11.6. The lowest BCUT2D eigenvalue weighted by Gasteiger charge is -2.27. The molecule has 1 saturated carbocycles. The molecule has 3 heteroatoms. The van der Waals surface area contributed by atoms with Crippen molar-refractivity contribution in [1.82, 2.24) is 0 Å². The predicted octanol–water partition coefficient (Wildman–Crippen LogP) is 3.29. The number of benzene rings is 1. The molecule has 3 nitrogen and oxygen atoms in total. The van der Waals surface area contributed by atoms with Gasteiger partial charge < -0.3 is 15.4 Å². The Morgan fingerprint density at radius 1 is 1.17 bits per heavy atom. The van der Waals surface area contributed by atoms with Gasteiger partial charge in [0.05, 0.1) is 11.8 Å². The van der Waals surface area contributed by atoms with Crippen LogP contribution < -0.4 is 15.4 Å². The Hall–Kier alpha value is -1.38. The van der Waals surface area contributed by atoms with E-state index < -0.39 is 0 Å². The minimum Gasteiger partial charge on any atom is -0.488 e. The summed E-state index contributed by atoms with van der Waals surface area (Å²) in [5.41, 5.74) is 7.85. The van der Waals surface area contributed by atoms with Crippen molar-refractivity contribution in [1.29, 1.82) is 0 Å². The lowest BCUT2D eigenvalue weighted by molar-refractivity contribution is 0.136. The van der Waals surface area contributed by atoms with Crippen molar-refractivity contribution >= 4 is 11.4 Å². The Morgan fingerprint density at radius 3 is 2.44 bits per heavy atom. The number of ether oxygens (including phenoxy) is 1. The SMILES string of the molecule is CC1CCC(Oc2cc(N(C)C)ccc2N)CC1. The highest BCUT2D eigenvalue weighted by Gasteiger charge is 2.20. The van der Waals surface area contributed by atoms with Gasteiger partial charge in [-0.05, 0) is 43.7 Å². The molecule has 0 bridgehead atoms. The zero-order valence-corrected chi connectivity index (χ0v) is 11.6. The fraction of sp³-hybridized carbons (Fsp3) is 0.600. The molecule has 100 valence electrons. The summed E-state index contributed by atoms with van der Waals surface area (Å²) in [6.07, 6.45) is 5.15. The fourth-order valence-corrected chi connectivity index (χ4v) is 2.43. The zero-order chi connectivity index (χ0) is 13.1. The Balaban J connectivity index is 2.06. The maximum Gasteiger partial charge on any atom is 0.144 e. The maximum atomic E-state index is 6.07. The second kappa shape index (κ2) is 5.51. The van der Waals surface area contributed by atoms with Crippen LogP contribution in [0.5, 0.6) is 5.75 Å². The molecule has 0 amide bonds. The third kappa shape index (κ3) is 3.09. The number of nitrogens with zero attached hydrogens (tertiary/aromatic N) is 1. The summed E-state index contributed by atoms with van der Waals surface area (Å²) in [4.78, 5) is 2.06. The van der Waals surface area contributed by atoms with Crippen LogP contribution in [0.25, 0.3) is 0 Å². The molecular weight excluding hydrogens is 224 g/mol. The van der Waals surface area contributed by atoms with E-state index in [2.05, 4.69) is 11.8 Å². The monoisotopic (exact) mass is 248 g/mol. The molecule has 0 radical (unpaired) electrons. The largest absolute Gasteiger partial charge is 0.488 e. The van der Waals surface area contributed by atoms with Crippen LogP contribution in [-0.2, 0) is 0 Å². The second-order valence-corrected chi connectivity index (χ2v) is 5.62. The van der Waals surface area contributed by atoms with E-state index in [4.69, 9.17) is 10.5 Å². The van der Waals surface area contributed by atoms with E-state index in [0.717, 1.165) is 35.9 Å². The van der Waals surface area contributed by atoms with Gasteiger partial charge in [-0.2, -0.15) is 0 Å². The molecule has 1 aromatic rings. The number of nitrogen functional groups attached to an aromatic ring is 1. The Kier molecular flexibility index (Phi) is 4.00. The average molecular weight is 248 g/mol. The first kappa shape index (κ1) is 13.1. The van der Waals surface area contributed by atoms with Gasteiger partial charge in [-0.3, -0.25) is 0 Å². The fourth-order valence-electron chi connectivity index (χ4n) is 2.43. The summed E-state index contributed by atoms with van der Waals surface area (Å²) in [5, 5.41) is 0. The number of rotatable bonds is 3. The molecule has 18 heavy (non-hydrogen) atoms. The third-order valence-electron chi connectivity index (χ3n) is 3.77. The first-order valence-electron chi connectivity index (χ1n) is 6.79. The third-order valence-corrected chi connectivity index (χ3v) is 3.77. The van der Waals surface area contributed by atoms with Crippen molar-refractivity contribution in [2.24, 2.45) is 5.92 Å². The van der Waals surface area contributed by atoms with Gasteiger partial charge in [-0.1, -0.05) is 6.92 Å². The molecule has 0 unspecified atom stereocenters. The highest BCUT2D eigenvalue weighted by molar-refractivity contribution is 5.61. The average Bonchev–Trinajstić information content (AvgIpc) is 2.34. The number of anilines is 2. The molecular formula is C15H24N2O. The normalized spacial score (nSPS) is 23.7. The number of nitrogens with two attached hydrogens (primary N) is 1. The summed E-state index contributed by atoms with van der Waals surface area (Å²) in [7, 11) is 4.05. The van der Waals surface area contributed by atoms with E-state index in [1.807, 2.05) is 32.3 Å². The Bertz CT molecular complexity index is 395. The van der Waals surface area contributed by atoms with Crippen molar-refractivity contribution in [3.8, 4) is 5.75 Å². The standard InChI is InChI=1S/C15H24N2O/c1-11-4-7-13(8-5-11)18-15-10-12(17(2)3)6-9-14(15)16/h6,9-11,13H,4-5,7-8,16H2,1-3H3. The van der Waals surface area contributed by atoms with Crippen LogP contribution >= 0.6 is 0 Å². The highest BCUT2D eigenvalue weighted by atomic mass is 16.5. The van der Waals surface area contributed by atoms with Gasteiger partial charge in [-0.15, -0.1) is 0 Å². The molecule has 1 aliphatic carbocycles. The van der Waals surface area contributed by atoms with Gasteiger partial charge in [-0.25, -0.2) is 0 Å². The predicted molar refractivity (Wildman–Crippen MR) is 77.2 cm³/mol. The van der Waals surface area contributed by atoms with Gasteiger partial charge in [0.1, 0.15) is 5.75 Å². The smallest absolute Gasteiger partial charge is 0.144 e. The molecule has 0 saturated heterocycles. The molecule has 1 aromatic carbocycles. The molecule has 0 aromatic heterocycles. The summed E-state index contributed by atoms with van der Waals surface area (Å²) in [5.74, 6) is 1.68. The van der Waals surface area contributed by atoms with Crippen LogP contribution in [0.2, 0.25) is 0 Å². The quantitative estimate of drug-likeness (QED) is 0.834. The lowest BCUT2D eigenvalue weighted by atomic mass is 9.89. The van der Waals surface area contributed by atoms with Gasteiger partial charge in [0.15, 0.2) is 0 Å². The van der Waals surface area contributed by atoms with E-state index in [1.54, 1.807) is 0 Å². The summed E-state index contributed by atoms with van der Waals surface area (Å²) in [6.45, 7) is 2.32. The van der Waals surface area contributed by atoms with Crippen LogP contribution in [0.3, 0.4) is 0 Å². The molecule has 0 spiro atoms. The van der Waals surface area contributed by atoms with Crippen molar-refractivity contribution in [3.63, 3.8) is 0 Å². The molecule has 0 atom stereocenters. The summed E-state index contributed by atoms with van der Waals surface area (Å²) in [6, 6.07) is 5.98. The van der Waals surface area contributed by atoms with Crippen LogP contribution in [0.4, 0.5) is 11.4 Å². The van der Waals surface area contributed by atoms with Crippen LogP contribution in [-0.4, -0.2) is 20.2 Å². The van der Waals surface area contributed by atoms with Crippen LogP contribution in [0.1, 0.15) is 32.6 Å². The molecule has 0 heterocycles. The molecule has 1 aliphatic rings. The first-order valence-corrected chi connectivity index (χ1v) is 6.79. The first-order chi connectivity index (χ1) is 8.56. The Labute approximate surface area is 110 Å². The van der Waals surface area contributed by atoms with Gasteiger partial charge in [0, 0.05) is 25.8 Å².